The molecule has 0 saturated carbocycles. The van der Waals surface area contributed by atoms with Crippen molar-refractivity contribution in [1.82, 2.24) is 15.5 Å². The standard InChI is InChI=1S/C20H21N5O4S2/c1-12(2)21-18(27)15-6-4-5-7-16(15)25-31(28,29)20-24-23-19(30-20)22-17(26)14-10-8-13(3)9-11-14/h4-12,25H,1-3H3,(H,21,27)(H,22,23,26). The number of sulfonamides is 1. The maximum Gasteiger partial charge on any atom is 0.291 e. The third-order valence-corrected chi connectivity index (χ3v) is 6.58. The Balaban J connectivity index is 1.77. The van der Waals surface area contributed by atoms with Crippen LogP contribution in [0, 0.1) is 6.92 Å². The molecule has 0 aliphatic heterocycles. The van der Waals surface area contributed by atoms with E-state index in [0.717, 1.165) is 5.56 Å². The van der Waals surface area contributed by atoms with Crippen molar-refractivity contribution in [3.8, 4) is 0 Å². The van der Waals surface area contributed by atoms with Crippen LogP contribution < -0.4 is 15.4 Å². The summed E-state index contributed by atoms with van der Waals surface area (Å²) in [6.07, 6.45) is 0. The molecule has 1 heterocycles. The summed E-state index contributed by atoms with van der Waals surface area (Å²) in [5, 5.41) is 12.7. The number of benzene rings is 2. The number of rotatable bonds is 7. The molecule has 1 aromatic heterocycles. The highest BCUT2D eigenvalue weighted by molar-refractivity contribution is 7.94. The summed E-state index contributed by atoms with van der Waals surface area (Å²) in [6, 6.07) is 13.0. The van der Waals surface area contributed by atoms with Gasteiger partial charge in [-0.25, -0.2) is 0 Å². The fourth-order valence-corrected chi connectivity index (χ4v) is 4.52. The zero-order chi connectivity index (χ0) is 22.6. The second kappa shape index (κ2) is 9.23. The normalized spacial score (nSPS) is 11.2. The fraction of sp³-hybridized carbons (Fsp3) is 0.200. The van der Waals surface area contributed by atoms with E-state index in [9.17, 15) is 18.0 Å². The molecule has 0 radical (unpaired) electrons. The van der Waals surface area contributed by atoms with Crippen LogP contribution in [-0.4, -0.2) is 36.5 Å². The van der Waals surface area contributed by atoms with Gasteiger partial charge < -0.3 is 5.32 Å². The SMILES string of the molecule is Cc1ccc(C(=O)Nc2nnc(S(=O)(=O)Nc3ccccc3C(=O)NC(C)C)s2)cc1. The van der Waals surface area contributed by atoms with Gasteiger partial charge in [0.25, 0.3) is 26.2 Å². The van der Waals surface area contributed by atoms with Crippen LogP contribution in [0.4, 0.5) is 10.8 Å². The van der Waals surface area contributed by atoms with Gasteiger partial charge in [0, 0.05) is 11.6 Å². The minimum Gasteiger partial charge on any atom is -0.350 e. The van der Waals surface area contributed by atoms with Crippen molar-refractivity contribution in [3.05, 3.63) is 65.2 Å². The van der Waals surface area contributed by atoms with Crippen molar-refractivity contribution in [2.45, 2.75) is 31.2 Å². The van der Waals surface area contributed by atoms with Crippen molar-refractivity contribution < 1.29 is 18.0 Å². The molecule has 31 heavy (non-hydrogen) atoms. The first-order valence-corrected chi connectivity index (χ1v) is 11.6. The molecule has 0 unspecified atom stereocenters. The molecule has 3 rings (SSSR count). The Hall–Kier alpha value is -3.31. The Morgan fingerprint density at radius 2 is 1.65 bits per heavy atom. The lowest BCUT2D eigenvalue weighted by Crippen LogP contribution is -2.31. The lowest BCUT2D eigenvalue weighted by atomic mass is 10.1. The maximum absolute atomic E-state index is 12.8. The molecule has 2 amide bonds. The van der Waals surface area contributed by atoms with Gasteiger partial charge in [-0.05, 0) is 45.0 Å². The molecule has 9 nitrogen and oxygen atoms in total. The number of aromatic nitrogens is 2. The fourth-order valence-electron chi connectivity index (χ4n) is 2.54. The van der Waals surface area contributed by atoms with E-state index in [-0.39, 0.29) is 26.8 Å². The Morgan fingerprint density at radius 1 is 0.968 bits per heavy atom. The van der Waals surface area contributed by atoms with Gasteiger partial charge in [-0.15, -0.1) is 10.2 Å². The summed E-state index contributed by atoms with van der Waals surface area (Å²) in [7, 11) is -4.12. The van der Waals surface area contributed by atoms with Crippen LogP contribution in [0.15, 0.2) is 52.9 Å². The van der Waals surface area contributed by atoms with Crippen LogP contribution in [0.5, 0.6) is 0 Å². The number of aryl methyl sites for hydroxylation is 1. The Labute approximate surface area is 184 Å². The average molecular weight is 460 g/mol. The third kappa shape index (κ3) is 5.64. The first-order valence-electron chi connectivity index (χ1n) is 9.30. The smallest absolute Gasteiger partial charge is 0.291 e. The zero-order valence-corrected chi connectivity index (χ0v) is 18.7. The van der Waals surface area contributed by atoms with Crippen molar-refractivity contribution in [1.29, 1.82) is 0 Å². The van der Waals surface area contributed by atoms with Gasteiger partial charge in [0.1, 0.15) is 0 Å². The summed E-state index contributed by atoms with van der Waals surface area (Å²) in [5.41, 5.74) is 1.71. The number of nitrogens with zero attached hydrogens (tertiary/aromatic N) is 2. The minimum atomic E-state index is -4.12. The van der Waals surface area contributed by atoms with E-state index in [1.54, 1.807) is 50.2 Å². The Bertz CT molecular complexity index is 1200. The topological polar surface area (TPSA) is 130 Å². The molecule has 11 heteroatoms. The average Bonchev–Trinajstić information content (AvgIpc) is 3.17. The monoisotopic (exact) mass is 459 g/mol. The second-order valence-electron chi connectivity index (χ2n) is 6.97. The van der Waals surface area contributed by atoms with Crippen molar-refractivity contribution >= 4 is 44.0 Å². The van der Waals surface area contributed by atoms with Gasteiger partial charge in [-0.3, -0.25) is 19.6 Å². The van der Waals surface area contributed by atoms with Crippen LogP contribution in [-0.2, 0) is 10.0 Å². The van der Waals surface area contributed by atoms with E-state index in [4.69, 9.17) is 0 Å². The summed E-state index contributed by atoms with van der Waals surface area (Å²) in [5.74, 6) is -0.833. The molecule has 0 atom stereocenters. The van der Waals surface area contributed by atoms with Gasteiger partial charge >= 0.3 is 0 Å². The van der Waals surface area contributed by atoms with Gasteiger partial charge in [0.2, 0.25) is 5.13 Å². The van der Waals surface area contributed by atoms with Crippen LogP contribution in [0.25, 0.3) is 0 Å². The van der Waals surface area contributed by atoms with Gasteiger partial charge in [-0.2, -0.15) is 8.42 Å². The van der Waals surface area contributed by atoms with E-state index in [1.807, 2.05) is 6.92 Å². The molecule has 0 bridgehead atoms. The number of carbonyl (C=O) groups excluding carboxylic acids is 2. The summed E-state index contributed by atoms with van der Waals surface area (Å²) in [4.78, 5) is 24.7. The van der Waals surface area contributed by atoms with E-state index in [0.29, 0.717) is 16.9 Å². The molecule has 2 aromatic carbocycles. The van der Waals surface area contributed by atoms with Crippen LogP contribution in [0.2, 0.25) is 0 Å². The molecule has 0 saturated heterocycles. The Kier molecular flexibility index (Phi) is 6.66. The predicted molar refractivity (Wildman–Crippen MR) is 119 cm³/mol. The van der Waals surface area contributed by atoms with Gasteiger partial charge in [0.05, 0.1) is 11.3 Å². The second-order valence-corrected chi connectivity index (χ2v) is 9.81. The lowest BCUT2D eigenvalue weighted by Gasteiger charge is -2.13. The van der Waals surface area contributed by atoms with Crippen molar-refractivity contribution in [3.63, 3.8) is 0 Å². The number of hydrogen-bond donors (Lipinski definition) is 3. The first-order chi connectivity index (χ1) is 14.7. The molecule has 3 aromatic rings. The van der Waals surface area contributed by atoms with Crippen molar-refractivity contribution in [2.75, 3.05) is 10.0 Å². The number of anilines is 2. The minimum absolute atomic E-state index is 0.0387. The molecular formula is C20H21N5O4S2. The highest BCUT2D eigenvalue weighted by atomic mass is 32.2. The van der Waals surface area contributed by atoms with Crippen molar-refractivity contribution in [2.24, 2.45) is 0 Å². The number of amides is 2. The number of hydrogen-bond acceptors (Lipinski definition) is 7. The molecule has 0 spiro atoms. The van der Waals surface area contributed by atoms with Gasteiger partial charge in [0.15, 0.2) is 0 Å². The largest absolute Gasteiger partial charge is 0.350 e. The van der Waals surface area contributed by atoms with Gasteiger partial charge in [-0.1, -0.05) is 41.2 Å². The van der Waals surface area contributed by atoms with E-state index in [2.05, 4.69) is 25.6 Å². The number of carbonyl (C=O) groups is 2. The molecule has 0 aliphatic rings. The number of nitrogens with one attached hydrogen (secondary N) is 3. The third-order valence-electron chi connectivity index (χ3n) is 4.01. The highest BCUT2D eigenvalue weighted by Gasteiger charge is 2.23. The summed E-state index contributed by atoms with van der Waals surface area (Å²) in [6.45, 7) is 5.51. The molecule has 0 aliphatic carbocycles. The predicted octanol–water partition coefficient (Wildman–Crippen LogP) is 3.04. The maximum atomic E-state index is 12.8. The number of para-hydroxylation sites is 1. The molecule has 162 valence electrons. The Morgan fingerprint density at radius 3 is 2.32 bits per heavy atom. The summed E-state index contributed by atoms with van der Waals surface area (Å²) < 4.78 is 27.5. The van der Waals surface area contributed by atoms with Crippen LogP contribution in [0.1, 0.15) is 40.1 Å². The lowest BCUT2D eigenvalue weighted by molar-refractivity contribution is 0.0943. The molecular weight excluding hydrogens is 438 g/mol. The van der Waals surface area contributed by atoms with E-state index in [1.165, 1.54) is 12.1 Å². The highest BCUT2D eigenvalue weighted by Crippen LogP contribution is 2.25. The van der Waals surface area contributed by atoms with E-state index >= 15 is 0 Å². The summed E-state index contributed by atoms with van der Waals surface area (Å²) >= 11 is 0.705. The zero-order valence-electron chi connectivity index (χ0n) is 17.0. The van der Waals surface area contributed by atoms with E-state index < -0.39 is 21.8 Å². The quantitative estimate of drug-likeness (QED) is 0.466. The first kappa shape index (κ1) is 22.4. The molecule has 3 N–H and O–H groups in total. The molecule has 0 fully saturated rings. The van der Waals surface area contributed by atoms with Crippen LogP contribution in [0.3, 0.4) is 0 Å². The van der Waals surface area contributed by atoms with Crippen LogP contribution >= 0.6 is 11.3 Å².